The standard InChI is InChI=1S/C14H18FN3O2.ClH/c15-12-4-2-1-3-10(12)9-18(11-5-6-11)14(20)8-17-13(19)7-16;/h1-4,11H,5-9,16H2,(H,17,19);1H. The van der Waals surface area contributed by atoms with Crippen LogP contribution in [0.5, 0.6) is 0 Å². The van der Waals surface area contributed by atoms with Gasteiger partial charge >= 0.3 is 0 Å². The van der Waals surface area contributed by atoms with E-state index in [1.54, 1.807) is 23.1 Å². The lowest BCUT2D eigenvalue weighted by Gasteiger charge is -2.23. The van der Waals surface area contributed by atoms with E-state index < -0.39 is 0 Å². The van der Waals surface area contributed by atoms with Crippen molar-refractivity contribution in [3.63, 3.8) is 0 Å². The molecule has 1 aliphatic rings. The van der Waals surface area contributed by atoms with E-state index in [2.05, 4.69) is 5.32 Å². The van der Waals surface area contributed by atoms with Gasteiger partial charge in [-0.25, -0.2) is 4.39 Å². The van der Waals surface area contributed by atoms with Gasteiger partial charge in [0.15, 0.2) is 0 Å². The number of amides is 2. The molecule has 21 heavy (non-hydrogen) atoms. The van der Waals surface area contributed by atoms with Gasteiger partial charge < -0.3 is 16.0 Å². The van der Waals surface area contributed by atoms with Gasteiger partial charge in [-0.2, -0.15) is 0 Å². The number of rotatable bonds is 6. The summed E-state index contributed by atoms with van der Waals surface area (Å²) in [6.07, 6.45) is 1.84. The maximum atomic E-state index is 13.6. The van der Waals surface area contributed by atoms with Crippen molar-refractivity contribution in [3.05, 3.63) is 35.6 Å². The molecule has 0 aromatic heterocycles. The molecular formula is C14H19ClFN3O2. The summed E-state index contributed by atoms with van der Waals surface area (Å²) in [5, 5.41) is 2.45. The summed E-state index contributed by atoms with van der Waals surface area (Å²) in [6, 6.07) is 6.54. The monoisotopic (exact) mass is 315 g/mol. The van der Waals surface area contributed by atoms with Gasteiger partial charge in [-0.05, 0) is 18.9 Å². The van der Waals surface area contributed by atoms with Gasteiger partial charge in [0.2, 0.25) is 11.8 Å². The number of hydrogen-bond acceptors (Lipinski definition) is 3. The first-order valence-electron chi connectivity index (χ1n) is 6.61. The third kappa shape index (κ3) is 4.99. The van der Waals surface area contributed by atoms with Crippen molar-refractivity contribution in [2.75, 3.05) is 13.1 Å². The lowest BCUT2D eigenvalue weighted by atomic mass is 10.2. The molecule has 5 nitrogen and oxygen atoms in total. The number of nitrogens with zero attached hydrogens (tertiary/aromatic N) is 1. The van der Waals surface area contributed by atoms with Gasteiger partial charge in [-0.15, -0.1) is 12.4 Å². The molecule has 0 unspecified atom stereocenters. The number of carbonyl (C=O) groups is 2. The summed E-state index contributed by atoms with van der Waals surface area (Å²) in [5.41, 5.74) is 5.65. The third-order valence-electron chi connectivity index (χ3n) is 3.23. The Balaban J connectivity index is 0.00000220. The molecule has 0 spiro atoms. The Labute approximate surface area is 129 Å². The average molecular weight is 316 g/mol. The maximum absolute atomic E-state index is 13.6. The quantitative estimate of drug-likeness (QED) is 0.816. The van der Waals surface area contributed by atoms with Gasteiger partial charge in [0.1, 0.15) is 5.82 Å². The molecule has 3 N–H and O–H groups in total. The highest BCUT2D eigenvalue weighted by atomic mass is 35.5. The van der Waals surface area contributed by atoms with Crippen molar-refractivity contribution in [2.45, 2.75) is 25.4 Å². The van der Waals surface area contributed by atoms with Crippen LogP contribution < -0.4 is 11.1 Å². The zero-order valence-corrected chi connectivity index (χ0v) is 12.4. The highest BCUT2D eigenvalue weighted by Gasteiger charge is 2.32. The van der Waals surface area contributed by atoms with Gasteiger partial charge in [-0.3, -0.25) is 9.59 Å². The first kappa shape index (κ1) is 17.4. The van der Waals surface area contributed by atoms with Crippen LogP contribution in [0.1, 0.15) is 18.4 Å². The number of nitrogens with one attached hydrogen (secondary N) is 1. The Morgan fingerprint density at radius 2 is 2.00 bits per heavy atom. The zero-order valence-electron chi connectivity index (χ0n) is 11.5. The predicted octanol–water partition coefficient (Wildman–Crippen LogP) is 0.813. The Hall–Kier alpha value is -1.66. The molecule has 116 valence electrons. The number of hydrogen-bond donors (Lipinski definition) is 2. The van der Waals surface area contributed by atoms with Gasteiger partial charge in [0.25, 0.3) is 0 Å². The summed E-state index contributed by atoms with van der Waals surface area (Å²) in [7, 11) is 0. The summed E-state index contributed by atoms with van der Waals surface area (Å²) < 4.78 is 13.6. The normalized spacial score (nSPS) is 13.2. The molecule has 0 radical (unpaired) electrons. The van der Waals surface area contributed by atoms with E-state index in [-0.39, 0.29) is 55.7 Å². The van der Waals surface area contributed by atoms with Gasteiger partial charge in [0.05, 0.1) is 13.1 Å². The topological polar surface area (TPSA) is 75.4 Å². The van der Waals surface area contributed by atoms with E-state index in [1.165, 1.54) is 6.07 Å². The van der Waals surface area contributed by atoms with Crippen LogP contribution in [0.4, 0.5) is 4.39 Å². The van der Waals surface area contributed by atoms with Crippen LogP contribution in [0.15, 0.2) is 24.3 Å². The molecule has 0 saturated heterocycles. The summed E-state index contributed by atoms with van der Waals surface area (Å²) in [6.45, 7) is -0.0142. The summed E-state index contributed by atoms with van der Waals surface area (Å²) in [5.74, 6) is -0.908. The fourth-order valence-electron chi connectivity index (χ4n) is 1.97. The Morgan fingerprint density at radius 1 is 1.33 bits per heavy atom. The van der Waals surface area contributed by atoms with Gasteiger partial charge in [-0.1, -0.05) is 18.2 Å². The molecule has 1 aromatic carbocycles. The predicted molar refractivity (Wildman–Crippen MR) is 79.3 cm³/mol. The van der Waals surface area contributed by atoms with E-state index in [0.29, 0.717) is 5.56 Å². The zero-order chi connectivity index (χ0) is 14.5. The lowest BCUT2D eigenvalue weighted by Crippen LogP contribution is -2.42. The van der Waals surface area contributed by atoms with Crippen LogP contribution in [-0.4, -0.2) is 35.8 Å². The molecule has 1 saturated carbocycles. The van der Waals surface area contributed by atoms with E-state index in [0.717, 1.165) is 12.8 Å². The van der Waals surface area contributed by atoms with E-state index in [1.807, 2.05) is 0 Å². The van der Waals surface area contributed by atoms with E-state index >= 15 is 0 Å². The molecule has 0 atom stereocenters. The Kier molecular flexibility index (Phi) is 6.58. The highest BCUT2D eigenvalue weighted by Crippen LogP contribution is 2.28. The fraction of sp³-hybridized carbons (Fsp3) is 0.429. The van der Waals surface area contributed by atoms with Gasteiger partial charge in [0, 0.05) is 18.2 Å². The fourth-order valence-corrected chi connectivity index (χ4v) is 1.97. The van der Waals surface area contributed by atoms with Crippen molar-refractivity contribution < 1.29 is 14.0 Å². The van der Waals surface area contributed by atoms with Crippen molar-refractivity contribution >= 4 is 24.2 Å². The second kappa shape index (κ2) is 7.95. The van der Waals surface area contributed by atoms with E-state index in [4.69, 9.17) is 5.73 Å². The van der Waals surface area contributed by atoms with Crippen LogP contribution in [0.25, 0.3) is 0 Å². The van der Waals surface area contributed by atoms with E-state index in [9.17, 15) is 14.0 Å². The maximum Gasteiger partial charge on any atom is 0.242 e. The molecular weight excluding hydrogens is 297 g/mol. The molecule has 0 heterocycles. The van der Waals surface area contributed by atoms with Crippen LogP contribution in [-0.2, 0) is 16.1 Å². The minimum absolute atomic E-state index is 0. The van der Waals surface area contributed by atoms with Crippen LogP contribution in [0.2, 0.25) is 0 Å². The van der Waals surface area contributed by atoms with Crippen LogP contribution >= 0.6 is 12.4 Å². The minimum atomic E-state index is -0.375. The molecule has 7 heteroatoms. The molecule has 1 aromatic rings. The summed E-state index contributed by atoms with van der Waals surface area (Å²) in [4.78, 5) is 24.8. The molecule has 0 bridgehead atoms. The largest absolute Gasteiger partial charge is 0.346 e. The second-order valence-corrected chi connectivity index (χ2v) is 4.83. The van der Waals surface area contributed by atoms with Crippen LogP contribution in [0.3, 0.4) is 0 Å². The molecule has 1 fully saturated rings. The highest BCUT2D eigenvalue weighted by molar-refractivity contribution is 5.86. The van der Waals surface area contributed by atoms with Crippen molar-refractivity contribution in [2.24, 2.45) is 5.73 Å². The first-order chi connectivity index (χ1) is 9.61. The molecule has 2 rings (SSSR count). The molecule has 0 aliphatic heterocycles. The Morgan fingerprint density at radius 3 is 2.57 bits per heavy atom. The number of halogens is 2. The molecule has 1 aliphatic carbocycles. The number of benzene rings is 1. The minimum Gasteiger partial charge on any atom is -0.346 e. The summed E-state index contributed by atoms with van der Waals surface area (Å²) >= 11 is 0. The third-order valence-corrected chi connectivity index (χ3v) is 3.23. The SMILES string of the molecule is Cl.NCC(=O)NCC(=O)N(Cc1ccccc1F)C1CC1. The van der Waals surface area contributed by atoms with Crippen molar-refractivity contribution in [1.82, 2.24) is 10.2 Å². The molecule has 2 amide bonds. The first-order valence-corrected chi connectivity index (χ1v) is 6.61. The van der Waals surface area contributed by atoms with Crippen molar-refractivity contribution in [1.29, 1.82) is 0 Å². The number of nitrogens with two attached hydrogens (primary N) is 1. The average Bonchev–Trinajstić information content (AvgIpc) is 3.28. The lowest BCUT2D eigenvalue weighted by molar-refractivity contribution is -0.133. The number of carbonyl (C=O) groups excluding carboxylic acids is 2. The second-order valence-electron chi connectivity index (χ2n) is 4.83. The van der Waals surface area contributed by atoms with Crippen molar-refractivity contribution in [3.8, 4) is 0 Å². The smallest absolute Gasteiger partial charge is 0.242 e. The van der Waals surface area contributed by atoms with Crippen LogP contribution in [0, 0.1) is 5.82 Å². The Bertz CT molecular complexity index is 509.